The van der Waals surface area contributed by atoms with Crippen molar-refractivity contribution in [3.8, 4) is 5.75 Å². The highest BCUT2D eigenvalue weighted by molar-refractivity contribution is 6.02. The molecule has 0 heterocycles. The van der Waals surface area contributed by atoms with E-state index >= 15 is 0 Å². The normalized spacial score (nSPS) is 16.2. The van der Waals surface area contributed by atoms with Gasteiger partial charge in [0, 0.05) is 11.5 Å². The number of hydrazone groups is 1. The van der Waals surface area contributed by atoms with E-state index in [1.165, 1.54) is 12.6 Å². The van der Waals surface area contributed by atoms with Gasteiger partial charge in [-0.25, -0.2) is 5.43 Å². The summed E-state index contributed by atoms with van der Waals surface area (Å²) >= 11 is 0. The largest absolute Gasteiger partial charge is 0.507 e. The molecule has 1 saturated carbocycles. The lowest BCUT2D eigenvalue weighted by molar-refractivity contribution is -0.125. The molecule has 0 radical (unpaired) electrons. The van der Waals surface area contributed by atoms with Crippen molar-refractivity contribution in [2.45, 2.75) is 32.1 Å². The first-order valence-corrected chi connectivity index (χ1v) is 7.79. The Morgan fingerprint density at radius 3 is 2.73 bits per heavy atom. The maximum Gasteiger partial charge on any atom is 0.243 e. The van der Waals surface area contributed by atoms with E-state index in [0.717, 1.165) is 36.5 Å². The molecule has 0 saturated heterocycles. The summed E-state index contributed by atoms with van der Waals surface area (Å²) in [6.45, 7) is 0. The quantitative estimate of drug-likeness (QED) is 0.672. The summed E-state index contributed by atoms with van der Waals surface area (Å²) in [5, 5.41) is 16.0. The Morgan fingerprint density at radius 2 is 1.91 bits per heavy atom. The topological polar surface area (TPSA) is 61.7 Å². The number of nitrogens with one attached hydrogen (secondary N) is 1. The number of carbonyl (C=O) groups excluding carboxylic acids is 1. The Morgan fingerprint density at radius 1 is 1.14 bits per heavy atom. The highest BCUT2D eigenvalue weighted by atomic mass is 16.3. The Labute approximate surface area is 129 Å². The van der Waals surface area contributed by atoms with Crippen LogP contribution < -0.4 is 5.43 Å². The van der Waals surface area contributed by atoms with Crippen LogP contribution in [-0.2, 0) is 4.79 Å². The van der Waals surface area contributed by atoms with Crippen LogP contribution in [0.5, 0.6) is 5.75 Å². The summed E-state index contributed by atoms with van der Waals surface area (Å²) < 4.78 is 0. The lowest BCUT2D eigenvalue weighted by Gasteiger charge is -2.19. The third-order valence-electron chi connectivity index (χ3n) is 4.29. The molecule has 2 N–H and O–H groups in total. The number of hydrogen-bond acceptors (Lipinski definition) is 3. The Kier molecular flexibility index (Phi) is 4.37. The number of phenols is 1. The lowest BCUT2D eigenvalue weighted by atomic mass is 9.89. The van der Waals surface area contributed by atoms with Crippen LogP contribution in [0.15, 0.2) is 41.5 Å². The van der Waals surface area contributed by atoms with Crippen molar-refractivity contribution in [2.24, 2.45) is 11.0 Å². The zero-order valence-corrected chi connectivity index (χ0v) is 12.5. The highest BCUT2D eigenvalue weighted by Crippen LogP contribution is 2.26. The van der Waals surface area contributed by atoms with Crippen molar-refractivity contribution in [1.29, 1.82) is 0 Å². The molecule has 3 rings (SSSR count). The van der Waals surface area contributed by atoms with Gasteiger partial charge in [0.2, 0.25) is 5.91 Å². The zero-order chi connectivity index (χ0) is 15.4. The molecule has 1 fully saturated rings. The molecule has 0 spiro atoms. The van der Waals surface area contributed by atoms with Crippen LogP contribution in [0.3, 0.4) is 0 Å². The average Bonchev–Trinajstić information content (AvgIpc) is 2.57. The van der Waals surface area contributed by atoms with Crippen LogP contribution in [-0.4, -0.2) is 17.2 Å². The number of carbonyl (C=O) groups is 1. The summed E-state index contributed by atoms with van der Waals surface area (Å²) in [4.78, 5) is 12.0. The van der Waals surface area contributed by atoms with Gasteiger partial charge in [-0.15, -0.1) is 0 Å². The summed E-state index contributed by atoms with van der Waals surface area (Å²) in [7, 11) is 0. The van der Waals surface area contributed by atoms with Gasteiger partial charge in [0.25, 0.3) is 0 Å². The van der Waals surface area contributed by atoms with Crippen LogP contribution in [0.4, 0.5) is 0 Å². The SMILES string of the molecule is O=C(N/N=C/c1c(O)ccc2ccccc12)C1CCCCC1. The molecule has 2 aromatic rings. The van der Waals surface area contributed by atoms with Gasteiger partial charge in [-0.3, -0.25) is 4.79 Å². The van der Waals surface area contributed by atoms with E-state index in [2.05, 4.69) is 10.5 Å². The lowest BCUT2D eigenvalue weighted by Crippen LogP contribution is -2.28. The number of benzene rings is 2. The predicted octanol–water partition coefficient (Wildman–Crippen LogP) is 3.58. The maximum absolute atomic E-state index is 12.0. The third-order valence-corrected chi connectivity index (χ3v) is 4.29. The third kappa shape index (κ3) is 3.11. The molecule has 2 aromatic carbocycles. The summed E-state index contributed by atoms with van der Waals surface area (Å²) in [5.74, 6) is 0.219. The first kappa shape index (κ1) is 14.6. The van der Waals surface area contributed by atoms with Crippen molar-refractivity contribution in [1.82, 2.24) is 5.43 Å². The minimum Gasteiger partial charge on any atom is -0.507 e. The Balaban J connectivity index is 1.75. The van der Waals surface area contributed by atoms with Gasteiger partial charge in [0.1, 0.15) is 5.75 Å². The molecule has 1 amide bonds. The first-order chi connectivity index (χ1) is 10.8. The standard InChI is InChI=1S/C18H20N2O2/c21-17-11-10-13-6-4-5-9-15(13)16(17)12-19-20-18(22)14-7-2-1-3-8-14/h4-6,9-12,14,21H,1-3,7-8H2,(H,20,22)/b19-12+. The Bertz CT molecular complexity index is 703. The Hall–Kier alpha value is -2.36. The second kappa shape index (κ2) is 6.60. The van der Waals surface area contributed by atoms with Gasteiger partial charge >= 0.3 is 0 Å². The minimum atomic E-state index is -0.0179. The zero-order valence-electron chi connectivity index (χ0n) is 12.5. The maximum atomic E-state index is 12.0. The van der Waals surface area contributed by atoms with Crippen LogP contribution in [0, 0.1) is 5.92 Å². The summed E-state index contributed by atoms with van der Waals surface area (Å²) in [6, 6.07) is 11.3. The van der Waals surface area contributed by atoms with E-state index in [4.69, 9.17) is 0 Å². The molecule has 22 heavy (non-hydrogen) atoms. The van der Waals surface area contributed by atoms with Crippen molar-refractivity contribution >= 4 is 22.9 Å². The van der Waals surface area contributed by atoms with E-state index in [9.17, 15) is 9.90 Å². The van der Waals surface area contributed by atoms with Crippen molar-refractivity contribution in [3.63, 3.8) is 0 Å². The van der Waals surface area contributed by atoms with Crippen molar-refractivity contribution < 1.29 is 9.90 Å². The molecule has 114 valence electrons. The molecule has 0 unspecified atom stereocenters. The van der Waals surface area contributed by atoms with Crippen LogP contribution in [0.25, 0.3) is 10.8 Å². The fraction of sp³-hybridized carbons (Fsp3) is 0.333. The molecular formula is C18H20N2O2. The molecule has 0 aromatic heterocycles. The second-order valence-corrected chi connectivity index (χ2v) is 5.79. The van der Waals surface area contributed by atoms with Gasteiger partial charge in [-0.1, -0.05) is 49.6 Å². The number of nitrogens with zero attached hydrogens (tertiary/aromatic N) is 1. The van der Waals surface area contributed by atoms with E-state index in [0.29, 0.717) is 5.56 Å². The molecule has 4 heteroatoms. The second-order valence-electron chi connectivity index (χ2n) is 5.79. The van der Waals surface area contributed by atoms with Crippen LogP contribution >= 0.6 is 0 Å². The van der Waals surface area contributed by atoms with Gasteiger partial charge < -0.3 is 5.11 Å². The molecule has 1 aliphatic rings. The molecule has 1 aliphatic carbocycles. The van der Waals surface area contributed by atoms with Gasteiger partial charge in [0.15, 0.2) is 0 Å². The van der Waals surface area contributed by atoms with E-state index in [1.807, 2.05) is 30.3 Å². The van der Waals surface area contributed by atoms with Gasteiger partial charge in [0.05, 0.1) is 6.21 Å². The summed E-state index contributed by atoms with van der Waals surface area (Å²) in [5.41, 5.74) is 3.24. The summed E-state index contributed by atoms with van der Waals surface area (Å²) in [6.07, 6.45) is 6.87. The highest BCUT2D eigenvalue weighted by Gasteiger charge is 2.20. The van der Waals surface area contributed by atoms with Gasteiger partial charge in [-0.2, -0.15) is 5.10 Å². The van der Waals surface area contributed by atoms with E-state index in [-0.39, 0.29) is 17.6 Å². The number of fused-ring (bicyclic) bond motifs is 1. The predicted molar refractivity (Wildman–Crippen MR) is 87.9 cm³/mol. The molecule has 0 bridgehead atoms. The molecule has 4 nitrogen and oxygen atoms in total. The van der Waals surface area contributed by atoms with Gasteiger partial charge in [-0.05, 0) is 29.7 Å². The van der Waals surface area contributed by atoms with Crippen molar-refractivity contribution in [3.05, 3.63) is 42.0 Å². The number of aromatic hydroxyl groups is 1. The monoisotopic (exact) mass is 296 g/mol. The number of rotatable bonds is 3. The molecule has 0 atom stereocenters. The number of amides is 1. The number of hydrogen-bond donors (Lipinski definition) is 2. The first-order valence-electron chi connectivity index (χ1n) is 7.79. The smallest absolute Gasteiger partial charge is 0.243 e. The fourth-order valence-electron chi connectivity index (χ4n) is 3.04. The number of phenolic OH excluding ortho intramolecular Hbond substituents is 1. The van der Waals surface area contributed by atoms with Crippen LogP contribution in [0.2, 0.25) is 0 Å². The van der Waals surface area contributed by atoms with E-state index < -0.39 is 0 Å². The average molecular weight is 296 g/mol. The molecular weight excluding hydrogens is 276 g/mol. The van der Waals surface area contributed by atoms with E-state index in [1.54, 1.807) is 6.07 Å². The van der Waals surface area contributed by atoms with Crippen molar-refractivity contribution in [2.75, 3.05) is 0 Å². The minimum absolute atomic E-state index is 0.0179. The fourth-order valence-corrected chi connectivity index (χ4v) is 3.04. The van der Waals surface area contributed by atoms with Crippen LogP contribution in [0.1, 0.15) is 37.7 Å². The molecule has 0 aliphatic heterocycles.